The number of fused-ring (bicyclic) bond motifs is 1. The number of carbonyl (C=O) groups excluding carboxylic acids is 1. The summed E-state index contributed by atoms with van der Waals surface area (Å²) in [6.45, 7) is 3.11. The minimum absolute atomic E-state index is 0.120. The molecule has 1 fully saturated rings. The number of likely N-dealkylation sites (tertiary alicyclic amines) is 1. The van der Waals surface area contributed by atoms with Crippen LogP contribution in [-0.2, 0) is 9.84 Å². The third-order valence-corrected chi connectivity index (χ3v) is 8.24. The minimum Gasteiger partial charge on any atom is -0.497 e. The molecule has 0 spiro atoms. The van der Waals surface area contributed by atoms with Crippen LogP contribution in [0.1, 0.15) is 30.1 Å². The number of hydrogen-bond acceptors (Lipinski definition) is 5. The molecule has 1 heterocycles. The summed E-state index contributed by atoms with van der Waals surface area (Å²) in [7, 11) is -1.93. The summed E-state index contributed by atoms with van der Waals surface area (Å²) >= 11 is 0. The van der Waals surface area contributed by atoms with Crippen LogP contribution in [0.4, 0.5) is 0 Å². The predicted molar refractivity (Wildman–Crippen MR) is 124 cm³/mol. The van der Waals surface area contributed by atoms with Crippen molar-refractivity contribution in [3.63, 3.8) is 0 Å². The van der Waals surface area contributed by atoms with Crippen molar-refractivity contribution >= 4 is 26.5 Å². The third-order valence-electron chi connectivity index (χ3n) is 5.96. The number of amides is 1. The van der Waals surface area contributed by atoms with Crippen molar-refractivity contribution in [3.8, 4) is 11.5 Å². The van der Waals surface area contributed by atoms with Crippen LogP contribution in [0.25, 0.3) is 10.8 Å². The highest BCUT2D eigenvalue weighted by Gasteiger charge is 2.34. The molecule has 1 aliphatic rings. The molecule has 0 atom stereocenters. The highest BCUT2D eigenvalue weighted by molar-refractivity contribution is 7.92. The molecule has 7 heteroatoms. The number of benzene rings is 3. The Morgan fingerprint density at radius 2 is 1.69 bits per heavy atom. The molecule has 3 aromatic carbocycles. The average molecular weight is 454 g/mol. The van der Waals surface area contributed by atoms with Gasteiger partial charge in [0.2, 0.25) is 0 Å². The van der Waals surface area contributed by atoms with Gasteiger partial charge in [-0.15, -0.1) is 0 Å². The summed E-state index contributed by atoms with van der Waals surface area (Å²) in [6.07, 6.45) is 0.795. The second-order valence-corrected chi connectivity index (χ2v) is 10.0. The molecule has 168 valence electrons. The summed E-state index contributed by atoms with van der Waals surface area (Å²) < 4.78 is 37.0. The summed E-state index contributed by atoms with van der Waals surface area (Å²) in [5.74, 6) is 1.05. The fraction of sp³-hybridized carbons (Fsp3) is 0.320. The Bertz CT molecular complexity index is 1210. The van der Waals surface area contributed by atoms with E-state index in [1.807, 2.05) is 43.3 Å². The smallest absolute Gasteiger partial charge is 0.258 e. The van der Waals surface area contributed by atoms with Gasteiger partial charge in [0.15, 0.2) is 9.84 Å². The first-order valence-corrected chi connectivity index (χ1v) is 12.3. The highest BCUT2D eigenvalue weighted by atomic mass is 32.2. The number of sulfone groups is 1. The summed E-state index contributed by atoms with van der Waals surface area (Å²) in [5.41, 5.74) is 0.543. The summed E-state index contributed by atoms with van der Waals surface area (Å²) in [4.78, 5) is 15.5. The van der Waals surface area contributed by atoms with Crippen molar-refractivity contribution in [2.24, 2.45) is 0 Å². The van der Waals surface area contributed by atoms with Crippen LogP contribution in [0.5, 0.6) is 11.5 Å². The van der Waals surface area contributed by atoms with Crippen molar-refractivity contribution in [1.82, 2.24) is 4.90 Å². The van der Waals surface area contributed by atoms with Gasteiger partial charge in [-0.25, -0.2) is 8.42 Å². The summed E-state index contributed by atoms with van der Waals surface area (Å²) in [6, 6.07) is 18.0. The minimum atomic E-state index is -3.47. The predicted octanol–water partition coefficient (Wildman–Crippen LogP) is 4.33. The number of rotatable bonds is 6. The average Bonchev–Trinajstić information content (AvgIpc) is 2.84. The van der Waals surface area contributed by atoms with E-state index in [-0.39, 0.29) is 10.8 Å². The number of nitrogens with zero attached hydrogens (tertiary/aromatic N) is 1. The SMILES string of the molecule is CCOc1ccc2ccccc2c1C(=O)N1CCC(S(=O)(=O)c2ccc(OC)cc2)CC1. The molecule has 4 rings (SSSR count). The lowest BCUT2D eigenvalue weighted by molar-refractivity contribution is 0.0723. The van der Waals surface area contributed by atoms with Gasteiger partial charge in [-0.3, -0.25) is 4.79 Å². The topological polar surface area (TPSA) is 72.9 Å². The number of hydrogen-bond donors (Lipinski definition) is 0. The number of ether oxygens (including phenoxy) is 2. The van der Waals surface area contributed by atoms with Gasteiger partial charge in [-0.05, 0) is 60.9 Å². The Balaban J connectivity index is 1.54. The highest BCUT2D eigenvalue weighted by Crippen LogP contribution is 2.32. The molecule has 0 N–H and O–H groups in total. The van der Waals surface area contributed by atoms with Gasteiger partial charge >= 0.3 is 0 Å². The maximum absolute atomic E-state index is 13.5. The molecule has 1 aliphatic heterocycles. The zero-order chi connectivity index (χ0) is 22.7. The van der Waals surface area contributed by atoms with Crippen molar-refractivity contribution in [2.75, 3.05) is 26.8 Å². The molecule has 0 bridgehead atoms. The standard InChI is InChI=1S/C25H27NO5S/c1-3-31-23-13-8-18-6-4-5-7-22(18)24(23)25(27)26-16-14-21(15-17-26)32(28,29)20-11-9-19(30-2)10-12-20/h4-13,21H,3,14-17H2,1-2H3. The van der Waals surface area contributed by atoms with E-state index in [1.165, 1.54) is 0 Å². The lowest BCUT2D eigenvalue weighted by atomic mass is 10.0. The Morgan fingerprint density at radius 3 is 2.34 bits per heavy atom. The van der Waals surface area contributed by atoms with Crippen LogP contribution >= 0.6 is 0 Å². The van der Waals surface area contributed by atoms with Crippen LogP contribution in [0.15, 0.2) is 65.6 Å². The van der Waals surface area contributed by atoms with Crippen molar-refractivity contribution in [1.29, 1.82) is 0 Å². The Labute approximate surface area is 188 Å². The molecular formula is C25H27NO5S. The first-order valence-electron chi connectivity index (χ1n) is 10.8. The van der Waals surface area contributed by atoms with Crippen molar-refractivity contribution in [2.45, 2.75) is 29.9 Å². The first kappa shape index (κ1) is 22.1. The molecule has 0 unspecified atom stereocenters. The van der Waals surface area contributed by atoms with Crippen molar-refractivity contribution < 1.29 is 22.7 Å². The van der Waals surface area contributed by atoms with E-state index in [0.717, 1.165) is 10.8 Å². The fourth-order valence-electron chi connectivity index (χ4n) is 4.23. The van der Waals surface area contributed by atoms with Gasteiger partial charge in [0.1, 0.15) is 11.5 Å². The molecular weight excluding hydrogens is 426 g/mol. The first-order chi connectivity index (χ1) is 15.5. The lowest BCUT2D eigenvalue weighted by Crippen LogP contribution is -2.42. The van der Waals surface area contributed by atoms with Gasteiger partial charge in [0.25, 0.3) is 5.91 Å². The monoisotopic (exact) mass is 453 g/mol. The maximum Gasteiger partial charge on any atom is 0.258 e. The van der Waals surface area contributed by atoms with E-state index in [2.05, 4.69) is 0 Å². The van der Waals surface area contributed by atoms with Crippen LogP contribution in [0.2, 0.25) is 0 Å². The molecule has 0 radical (unpaired) electrons. The Morgan fingerprint density at radius 1 is 1.00 bits per heavy atom. The maximum atomic E-state index is 13.5. The zero-order valence-electron chi connectivity index (χ0n) is 18.3. The van der Waals surface area contributed by atoms with Crippen LogP contribution in [-0.4, -0.2) is 51.3 Å². The van der Waals surface area contributed by atoms with Crippen LogP contribution in [0.3, 0.4) is 0 Å². The molecule has 1 amide bonds. The zero-order valence-corrected chi connectivity index (χ0v) is 19.1. The molecule has 0 aromatic heterocycles. The van der Waals surface area contributed by atoms with E-state index in [1.54, 1.807) is 36.3 Å². The van der Waals surface area contributed by atoms with Gasteiger partial charge in [-0.1, -0.05) is 30.3 Å². The van der Waals surface area contributed by atoms with Gasteiger partial charge < -0.3 is 14.4 Å². The number of methoxy groups -OCH3 is 1. The van der Waals surface area contributed by atoms with Crippen LogP contribution in [0, 0.1) is 0 Å². The number of carbonyl (C=O) groups is 1. The van der Waals surface area contributed by atoms with E-state index < -0.39 is 15.1 Å². The van der Waals surface area contributed by atoms with Crippen molar-refractivity contribution in [3.05, 3.63) is 66.2 Å². The molecule has 6 nitrogen and oxygen atoms in total. The van der Waals surface area contributed by atoms with Gasteiger partial charge in [0.05, 0.1) is 29.4 Å². The van der Waals surface area contributed by atoms with Crippen LogP contribution < -0.4 is 9.47 Å². The Kier molecular flexibility index (Phi) is 6.37. The number of piperidine rings is 1. The van der Waals surface area contributed by atoms with E-state index in [4.69, 9.17) is 9.47 Å². The molecule has 0 aliphatic carbocycles. The third kappa shape index (κ3) is 4.17. The lowest BCUT2D eigenvalue weighted by Gasteiger charge is -2.32. The van der Waals surface area contributed by atoms with E-state index >= 15 is 0 Å². The molecule has 0 saturated carbocycles. The summed E-state index contributed by atoms with van der Waals surface area (Å²) in [5, 5.41) is 1.30. The van der Waals surface area contributed by atoms with E-state index in [0.29, 0.717) is 49.6 Å². The van der Waals surface area contributed by atoms with Gasteiger partial charge in [-0.2, -0.15) is 0 Å². The van der Waals surface area contributed by atoms with Gasteiger partial charge in [0, 0.05) is 13.1 Å². The Hall–Kier alpha value is -3.06. The molecule has 1 saturated heterocycles. The second-order valence-electron chi connectivity index (χ2n) is 7.80. The second kappa shape index (κ2) is 9.20. The van der Waals surface area contributed by atoms with E-state index in [9.17, 15) is 13.2 Å². The fourth-order valence-corrected chi connectivity index (χ4v) is 5.96. The largest absolute Gasteiger partial charge is 0.497 e. The molecule has 3 aromatic rings. The quantitative estimate of drug-likeness (QED) is 0.556. The normalized spacial score (nSPS) is 15.0. The molecule has 32 heavy (non-hydrogen) atoms.